The Morgan fingerprint density at radius 3 is 2.78 bits per heavy atom. The van der Waals surface area contributed by atoms with E-state index in [4.69, 9.17) is 10.8 Å². The van der Waals surface area contributed by atoms with Crippen LogP contribution < -0.4 is 11.1 Å². The van der Waals surface area contributed by atoms with E-state index in [2.05, 4.69) is 10.4 Å². The second-order valence-electron chi connectivity index (χ2n) is 3.98. The van der Waals surface area contributed by atoms with E-state index in [-0.39, 0.29) is 17.3 Å². The number of carbonyl (C=O) groups is 2. The number of rotatable bonds is 7. The van der Waals surface area contributed by atoms with E-state index in [0.717, 1.165) is 19.3 Å². The third kappa shape index (κ3) is 3.85. The number of nitrogens with one attached hydrogen (secondary N) is 1. The number of amides is 1. The van der Waals surface area contributed by atoms with Crippen LogP contribution in [0.3, 0.4) is 0 Å². The van der Waals surface area contributed by atoms with Crippen LogP contribution in [0.25, 0.3) is 0 Å². The van der Waals surface area contributed by atoms with Crippen molar-refractivity contribution < 1.29 is 14.7 Å². The first-order valence-electron chi connectivity index (χ1n) is 5.81. The lowest BCUT2D eigenvalue weighted by atomic mass is 10.2. The van der Waals surface area contributed by atoms with Gasteiger partial charge in [-0.25, -0.2) is 4.79 Å². The summed E-state index contributed by atoms with van der Waals surface area (Å²) in [5.41, 5.74) is 5.34. The molecule has 100 valence electrons. The number of aromatic carboxylic acids is 1. The SMILES string of the molecule is Cn1ncc(C(=O)O)c1NC(=O)CCCCCN. The summed E-state index contributed by atoms with van der Waals surface area (Å²) < 4.78 is 1.33. The number of carbonyl (C=O) groups excluding carboxylic acids is 1. The van der Waals surface area contributed by atoms with Gasteiger partial charge in [-0.1, -0.05) is 6.42 Å². The highest BCUT2D eigenvalue weighted by Gasteiger charge is 2.16. The molecule has 1 aromatic heterocycles. The zero-order valence-electron chi connectivity index (χ0n) is 10.3. The maximum Gasteiger partial charge on any atom is 0.341 e. The molecule has 0 aromatic carbocycles. The van der Waals surface area contributed by atoms with E-state index < -0.39 is 5.97 Å². The lowest BCUT2D eigenvalue weighted by molar-refractivity contribution is -0.116. The summed E-state index contributed by atoms with van der Waals surface area (Å²) in [6.45, 7) is 0.618. The average Bonchev–Trinajstić information content (AvgIpc) is 2.67. The second-order valence-corrected chi connectivity index (χ2v) is 3.98. The van der Waals surface area contributed by atoms with Gasteiger partial charge in [0.1, 0.15) is 11.4 Å². The molecule has 18 heavy (non-hydrogen) atoms. The highest BCUT2D eigenvalue weighted by atomic mass is 16.4. The predicted octanol–water partition coefficient (Wildman–Crippen LogP) is 0.576. The summed E-state index contributed by atoms with van der Waals surface area (Å²) in [5.74, 6) is -1.11. The van der Waals surface area contributed by atoms with Crippen molar-refractivity contribution in [1.82, 2.24) is 9.78 Å². The Labute approximate surface area is 105 Å². The summed E-state index contributed by atoms with van der Waals surface area (Å²) in [6.07, 6.45) is 4.08. The summed E-state index contributed by atoms with van der Waals surface area (Å²) >= 11 is 0. The van der Waals surface area contributed by atoms with Gasteiger partial charge in [0.15, 0.2) is 0 Å². The molecule has 0 radical (unpaired) electrons. The highest BCUT2D eigenvalue weighted by Crippen LogP contribution is 2.14. The monoisotopic (exact) mass is 254 g/mol. The summed E-state index contributed by atoms with van der Waals surface area (Å²) in [5, 5.41) is 15.3. The van der Waals surface area contributed by atoms with Crippen LogP contribution in [-0.2, 0) is 11.8 Å². The number of nitrogens with two attached hydrogens (primary N) is 1. The van der Waals surface area contributed by atoms with Gasteiger partial charge < -0.3 is 16.2 Å². The van der Waals surface area contributed by atoms with Crippen LogP contribution in [0.4, 0.5) is 5.82 Å². The molecule has 0 aliphatic carbocycles. The van der Waals surface area contributed by atoms with Crippen molar-refractivity contribution in [2.75, 3.05) is 11.9 Å². The standard InChI is InChI=1S/C11H18N4O3/c1-15-10(8(7-13-15)11(17)18)14-9(16)5-3-2-4-6-12/h7H,2-6,12H2,1H3,(H,14,16)(H,17,18). The fourth-order valence-electron chi connectivity index (χ4n) is 1.54. The molecule has 7 nitrogen and oxygen atoms in total. The van der Waals surface area contributed by atoms with Crippen LogP contribution in [0.1, 0.15) is 36.0 Å². The minimum atomic E-state index is -1.11. The molecule has 0 atom stereocenters. The summed E-state index contributed by atoms with van der Waals surface area (Å²) in [7, 11) is 1.58. The molecule has 1 heterocycles. The maximum atomic E-state index is 11.6. The molecule has 0 aliphatic rings. The Kier molecular flexibility index (Phi) is 5.31. The van der Waals surface area contributed by atoms with Gasteiger partial charge in [-0.15, -0.1) is 0 Å². The van der Waals surface area contributed by atoms with E-state index in [1.165, 1.54) is 10.9 Å². The molecular weight excluding hydrogens is 236 g/mol. The Hall–Kier alpha value is -1.89. The van der Waals surface area contributed by atoms with Crippen molar-refractivity contribution in [3.8, 4) is 0 Å². The lowest BCUT2D eigenvalue weighted by Gasteiger charge is -2.06. The molecule has 1 rings (SSSR count). The normalized spacial score (nSPS) is 10.3. The van der Waals surface area contributed by atoms with Crippen molar-refractivity contribution >= 4 is 17.7 Å². The van der Waals surface area contributed by atoms with E-state index >= 15 is 0 Å². The van der Waals surface area contributed by atoms with Gasteiger partial charge in [-0.05, 0) is 19.4 Å². The Morgan fingerprint density at radius 1 is 1.44 bits per heavy atom. The van der Waals surface area contributed by atoms with E-state index in [0.29, 0.717) is 13.0 Å². The number of hydrogen-bond acceptors (Lipinski definition) is 4. The van der Waals surface area contributed by atoms with Gasteiger partial charge in [0.05, 0.1) is 6.20 Å². The smallest absolute Gasteiger partial charge is 0.341 e. The molecule has 1 aromatic rings. The topological polar surface area (TPSA) is 110 Å². The molecule has 7 heteroatoms. The van der Waals surface area contributed by atoms with Gasteiger partial charge in [-0.2, -0.15) is 5.10 Å². The van der Waals surface area contributed by atoms with Crippen LogP contribution in [0.15, 0.2) is 6.20 Å². The first-order chi connectivity index (χ1) is 8.56. The van der Waals surface area contributed by atoms with E-state index in [1.54, 1.807) is 7.05 Å². The minimum absolute atomic E-state index is 0.00666. The summed E-state index contributed by atoms with van der Waals surface area (Å²) in [6, 6.07) is 0. The van der Waals surface area contributed by atoms with Crippen LogP contribution >= 0.6 is 0 Å². The van der Waals surface area contributed by atoms with Crippen LogP contribution in [0, 0.1) is 0 Å². The van der Waals surface area contributed by atoms with Crippen molar-refractivity contribution in [3.05, 3.63) is 11.8 Å². The van der Waals surface area contributed by atoms with Crippen molar-refractivity contribution in [2.24, 2.45) is 12.8 Å². The largest absolute Gasteiger partial charge is 0.477 e. The second kappa shape index (κ2) is 6.75. The number of nitrogens with zero attached hydrogens (tertiary/aromatic N) is 2. The zero-order chi connectivity index (χ0) is 13.5. The van der Waals surface area contributed by atoms with Crippen LogP contribution in [0.2, 0.25) is 0 Å². The number of aromatic nitrogens is 2. The molecule has 0 saturated carbocycles. The van der Waals surface area contributed by atoms with Gasteiger partial charge in [0, 0.05) is 13.5 Å². The third-order valence-corrected chi connectivity index (χ3v) is 2.53. The van der Waals surface area contributed by atoms with E-state index in [9.17, 15) is 9.59 Å². The van der Waals surface area contributed by atoms with Crippen LogP contribution in [0.5, 0.6) is 0 Å². The number of carboxylic acids is 1. The molecule has 0 fully saturated rings. The number of hydrogen-bond donors (Lipinski definition) is 3. The first-order valence-corrected chi connectivity index (χ1v) is 5.81. The molecule has 4 N–H and O–H groups in total. The Morgan fingerprint density at radius 2 is 2.17 bits per heavy atom. The van der Waals surface area contributed by atoms with Crippen molar-refractivity contribution in [2.45, 2.75) is 25.7 Å². The minimum Gasteiger partial charge on any atom is -0.477 e. The lowest BCUT2D eigenvalue weighted by Crippen LogP contribution is -2.16. The molecule has 0 aliphatic heterocycles. The Bertz CT molecular complexity index is 428. The molecule has 0 unspecified atom stereocenters. The molecular formula is C11H18N4O3. The van der Waals surface area contributed by atoms with E-state index in [1.807, 2.05) is 0 Å². The molecule has 0 bridgehead atoms. The van der Waals surface area contributed by atoms with Crippen LogP contribution in [-0.4, -0.2) is 33.3 Å². The zero-order valence-corrected chi connectivity index (χ0v) is 10.3. The fourth-order valence-corrected chi connectivity index (χ4v) is 1.54. The van der Waals surface area contributed by atoms with Crippen molar-refractivity contribution in [1.29, 1.82) is 0 Å². The molecule has 0 saturated heterocycles. The van der Waals surface area contributed by atoms with Gasteiger partial charge in [0.25, 0.3) is 0 Å². The van der Waals surface area contributed by atoms with Gasteiger partial charge in [0.2, 0.25) is 5.91 Å². The number of carboxylic acid groups (broad SMARTS) is 1. The Balaban J connectivity index is 2.53. The number of aryl methyl sites for hydroxylation is 1. The molecule has 0 spiro atoms. The third-order valence-electron chi connectivity index (χ3n) is 2.53. The fraction of sp³-hybridized carbons (Fsp3) is 0.545. The van der Waals surface area contributed by atoms with Crippen molar-refractivity contribution in [3.63, 3.8) is 0 Å². The average molecular weight is 254 g/mol. The highest BCUT2D eigenvalue weighted by molar-refractivity contribution is 5.99. The maximum absolute atomic E-state index is 11.6. The number of anilines is 1. The molecule has 1 amide bonds. The summed E-state index contributed by atoms with van der Waals surface area (Å²) in [4.78, 5) is 22.5. The quantitative estimate of drug-likeness (QED) is 0.616. The predicted molar refractivity (Wildman–Crippen MR) is 66.3 cm³/mol. The van der Waals surface area contributed by atoms with Gasteiger partial charge in [-0.3, -0.25) is 9.48 Å². The van der Waals surface area contributed by atoms with Gasteiger partial charge >= 0.3 is 5.97 Å². The number of unbranched alkanes of at least 4 members (excludes halogenated alkanes) is 2. The first kappa shape index (κ1) is 14.2.